The number of amides is 11. The van der Waals surface area contributed by atoms with Crippen molar-refractivity contribution >= 4 is 88.8 Å². The van der Waals surface area contributed by atoms with Gasteiger partial charge in [-0.2, -0.15) is 0 Å². The maximum atomic E-state index is 14.8. The van der Waals surface area contributed by atoms with Crippen molar-refractivity contribution in [2.45, 2.75) is 211 Å². The molecule has 0 radical (unpaired) electrons. The van der Waals surface area contributed by atoms with E-state index in [-0.39, 0.29) is 95.4 Å². The van der Waals surface area contributed by atoms with E-state index in [1.807, 2.05) is 0 Å². The van der Waals surface area contributed by atoms with Crippen molar-refractivity contribution in [2.75, 3.05) is 26.2 Å². The first-order valence-corrected chi connectivity index (χ1v) is 32.9. The van der Waals surface area contributed by atoms with Gasteiger partial charge in [-0.3, -0.25) is 67.5 Å². The Hall–Kier alpha value is -10.0. The maximum Gasteiger partial charge on any atom is 0.326 e. The molecule has 1 aliphatic heterocycles. The van der Waals surface area contributed by atoms with Crippen LogP contribution in [0.3, 0.4) is 0 Å². The third kappa shape index (κ3) is 29.3. The summed E-state index contributed by atoms with van der Waals surface area (Å²) in [6.07, 6.45) is 6.11. The minimum Gasteiger partial charge on any atom is -0.481 e. The first-order chi connectivity index (χ1) is 46.6. The number of carbonyl (C=O) groups is 13. The van der Waals surface area contributed by atoms with Gasteiger partial charge in [0, 0.05) is 56.3 Å². The number of hydrogen-bond donors (Lipinski definition) is 20. The molecule has 0 bridgehead atoms. The monoisotopic (exact) mass is 1400 g/mol. The number of guanidine groups is 2. The van der Waals surface area contributed by atoms with Crippen molar-refractivity contribution in [1.82, 2.24) is 78.0 Å². The quantitative estimate of drug-likeness (QED) is 0.0167. The lowest BCUT2D eigenvalue weighted by molar-refractivity contribution is -0.144. The number of rotatable bonds is 44. The molecule has 0 aliphatic carbocycles. The van der Waals surface area contributed by atoms with Crippen LogP contribution >= 0.6 is 0 Å². The van der Waals surface area contributed by atoms with Crippen LogP contribution in [0.25, 0.3) is 0 Å². The van der Waals surface area contributed by atoms with Gasteiger partial charge in [-0.25, -0.2) is 14.8 Å². The van der Waals surface area contributed by atoms with Gasteiger partial charge >= 0.3 is 11.9 Å². The summed E-state index contributed by atoms with van der Waals surface area (Å²) in [6, 6.07) is -16.3. The molecule has 0 saturated carbocycles. The van der Waals surface area contributed by atoms with Gasteiger partial charge in [0.2, 0.25) is 65.0 Å². The van der Waals surface area contributed by atoms with E-state index >= 15 is 0 Å². The van der Waals surface area contributed by atoms with Crippen LogP contribution in [-0.2, 0) is 75.2 Å². The fourth-order valence-corrected chi connectivity index (χ4v) is 10.4. The van der Waals surface area contributed by atoms with Crippen molar-refractivity contribution in [2.24, 2.45) is 62.1 Å². The number of nitrogens with zero attached hydrogens (tertiary/aromatic N) is 5. The minimum absolute atomic E-state index is 0.000859. The Bertz CT molecular complexity index is 3080. The summed E-state index contributed by atoms with van der Waals surface area (Å²) in [5, 5.41) is 44.7. The second-order valence-electron chi connectivity index (χ2n) is 25.4. The number of H-pyrrole nitrogens is 2. The molecular weight excluding hydrogens is 1290 g/mol. The van der Waals surface area contributed by atoms with E-state index in [4.69, 9.17) is 34.4 Å². The summed E-state index contributed by atoms with van der Waals surface area (Å²) >= 11 is 0. The van der Waals surface area contributed by atoms with Crippen LogP contribution in [0.5, 0.6) is 0 Å². The molecule has 38 heteroatoms. The summed E-state index contributed by atoms with van der Waals surface area (Å²) in [5.74, 6) is -14.0. The molecule has 12 atom stereocenters. The molecule has 1 fully saturated rings. The van der Waals surface area contributed by atoms with Gasteiger partial charge < -0.3 is 113 Å². The van der Waals surface area contributed by atoms with E-state index in [0.717, 1.165) is 0 Å². The molecule has 11 amide bonds. The molecule has 1 aliphatic rings. The Morgan fingerprint density at radius 1 is 0.535 bits per heavy atom. The van der Waals surface area contributed by atoms with Gasteiger partial charge in [-0.1, -0.05) is 41.5 Å². The number of aromatic amines is 2. The fraction of sp³-hybridized carbons (Fsp3) is 0.656. The van der Waals surface area contributed by atoms with Crippen LogP contribution in [0, 0.1) is 17.8 Å². The van der Waals surface area contributed by atoms with Crippen molar-refractivity contribution in [3.05, 3.63) is 36.4 Å². The number of likely N-dealkylation sites (tertiary alicyclic amines) is 1. The van der Waals surface area contributed by atoms with Crippen LogP contribution in [0.1, 0.15) is 137 Å². The number of hydrogen-bond acceptors (Lipinski definition) is 19. The van der Waals surface area contributed by atoms with Gasteiger partial charge in [-0.15, -0.1) is 0 Å². The number of nitrogens with two attached hydrogens (primary N) is 6. The average molecular weight is 1400 g/mol. The number of nitrogens with one attached hydrogen (secondary N) is 12. The Morgan fingerprint density at radius 2 is 0.980 bits per heavy atom. The highest BCUT2D eigenvalue weighted by molar-refractivity contribution is 6.00. The van der Waals surface area contributed by atoms with Gasteiger partial charge in [0.25, 0.3) is 0 Å². The van der Waals surface area contributed by atoms with Gasteiger partial charge in [0.05, 0.1) is 25.1 Å². The van der Waals surface area contributed by atoms with Crippen LogP contribution in [-0.4, -0.2) is 223 Å². The number of unbranched alkanes of at least 4 members (excludes halogenated alkanes) is 1. The summed E-state index contributed by atoms with van der Waals surface area (Å²) < 4.78 is 0. The number of aromatic nitrogens is 4. The molecule has 3 rings (SSSR count). The zero-order valence-electron chi connectivity index (χ0n) is 57.4. The Balaban J connectivity index is 1.89. The Labute approximate surface area is 573 Å². The molecule has 0 spiro atoms. The zero-order valence-corrected chi connectivity index (χ0v) is 57.4. The van der Waals surface area contributed by atoms with Crippen molar-refractivity contribution in [3.63, 3.8) is 0 Å². The molecule has 38 nitrogen and oxygen atoms in total. The molecule has 0 aromatic carbocycles. The van der Waals surface area contributed by atoms with Crippen LogP contribution in [0.4, 0.5) is 0 Å². The summed E-state index contributed by atoms with van der Waals surface area (Å²) in [6.45, 7) is 12.9. The molecule has 99 heavy (non-hydrogen) atoms. The second-order valence-corrected chi connectivity index (χ2v) is 25.4. The van der Waals surface area contributed by atoms with E-state index < -0.39 is 168 Å². The van der Waals surface area contributed by atoms with E-state index in [2.05, 4.69) is 83.1 Å². The van der Waals surface area contributed by atoms with Crippen LogP contribution < -0.4 is 87.6 Å². The minimum atomic E-state index is -1.77. The molecule has 2 aromatic rings. The lowest BCUT2D eigenvalue weighted by Gasteiger charge is -2.32. The van der Waals surface area contributed by atoms with Crippen molar-refractivity contribution in [3.8, 4) is 0 Å². The lowest BCUT2D eigenvalue weighted by atomic mass is 10.00. The molecule has 552 valence electrons. The highest BCUT2D eigenvalue weighted by Crippen LogP contribution is 2.22. The fourth-order valence-electron chi connectivity index (χ4n) is 10.4. The zero-order chi connectivity index (χ0) is 74.2. The number of imidazole rings is 2. The predicted molar refractivity (Wildman–Crippen MR) is 360 cm³/mol. The highest BCUT2D eigenvalue weighted by Gasteiger charge is 2.42. The highest BCUT2D eigenvalue weighted by atomic mass is 16.4. The topological polar surface area (TPSA) is 624 Å². The summed E-state index contributed by atoms with van der Waals surface area (Å²) in [4.78, 5) is 201. The van der Waals surface area contributed by atoms with Crippen molar-refractivity contribution in [1.29, 1.82) is 0 Å². The SMILES string of the molecule is CC(C)C[C@H](NC(=O)[C@H](Cc1cnc[nH]1)NC(=O)[C@H](CCCN=C(N)N)NC(=O)[C@H](Cc1cnc[nH]1)NC(=O)[C@H](CCCCN)NC(=O)[C@@H](N)CCCN=C(N)N)C(=O)N1CCC[C@H]1C(=O)N[C@H](C(=O)N[C@@H](C)C(=O)N[C@@H](CC(=O)O)C(=O)N[C@@H](C)C(=O)N[C@H](C(=O)O)C(C)C)C(C)C. The number of carboxylic acid groups (broad SMARTS) is 2. The largest absolute Gasteiger partial charge is 0.481 e. The number of carbonyl (C=O) groups excluding carboxylic acids is 11. The van der Waals surface area contributed by atoms with Crippen LogP contribution in [0.15, 0.2) is 35.0 Å². The molecule has 0 unspecified atom stereocenters. The second kappa shape index (κ2) is 41.9. The number of aliphatic carboxylic acids is 2. The van der Waals surface area contributed by atoms with E-state index in [1.54, 1.807) is 41.5 Å². The first-order valence-electron chi connectivity index (χ1n) is 32.9. The lowest BCUT2D eigenvalue weighted by Crippen LogP contribution is -2.61. The van der Waals surface area contributed by atoms with Crippen LogP contribution in [0.2, 0.25) is 0 Å². The van der Waals surface area contributed by atoms with Crippen molar-refractivity contribution < 1.29 is 72.5 Å². The normalized spacial score (nSPS) is 16.1. The molecule has 1 saturated heterocycles. The number of aliphatic imine (C=N–C) groups is 2. The van der Waals surface area contributed by atoms with E-state index in [9.17, 15) is 72.5 Å². The standard InChI is InChI=1S/C61H103N23O15/c1-30(2)22-43(58(97)84-21-13-17-44(84)56(95)82-46(31(3)4)57(96)75-33(7)48(87)78-42(25-45(85)86)53(92)74-34(8)49(88)83-47(32(5)6)59(98)99)81-55(94)41(24-36-27-69-29-73-36)80-52(91)39(16-12-20-71-61(66)67)77-54(93)40(23-35-26-68-28-72-35)79-51(90)38(15-9-10-18-62)76-50(89)37(63)14-11-19-70-60(64)65/h26-34,37-44,46-47H,9-25,62-63H2,1-8H3,(H,68,72)(H,69,73)(H,74,92)(H,75,96)(H,76,89)(H,77,93)(H,78,87)(H,79,90)(H,80,91)(H,81,94)(H,82,95)(H,83,88)(H,85,86)(H,98,99)(H4,64,65,70)(H4,66,67,71)/t33-,34-,37-,38-,39-,40-,41-,42-,43-,44-,46-,47-/m0/s1. The molecule has 26 N–H and O–H groups in total. The van der Waals surface area contributed by atoms with E-state index in [1.165, 1.54) is 43.8 Å². The van der Waals surface area contributed by atoms with Gasteiger partial charge in [0.1, 0.15) is 66.5 Å². The molecule has 2 aromatic heterocycles. The first kappa shape index (κ1) is 83.2. The molecular formula is C61H103N23O15. The Kier molecular flexibility index (Phi) is 35.3. The third-order valence-electron chi connectivity index (χ3n) is 15.8. The smallest absolute Gasteiger partial charge is 0.326 e. The Morgan fingerprint density at radius 3 is 1.44 bits per heavy atom. The number of carboxylic acids is 2. The predicted octanol–water partition coefficient (Wildman–Crippen LogP) is -5.72. The van der Waals surface area contributed by atoms with Gasteiger partial charge in [0.15, 0.2) is 11.9 Å². The average Bonchev–Trinajstić information content (AvgIpc) is 1.77. The van der Waals surface area contributed by atoms with Gasteiger partial charge in [-0.05, 0) is 102 Å². The maximum absolute atomic E-state index is 14.8. The summed E-state index contributed by atoms with van der Waals surface area (Å²) in [5.41, 5.74) is 34.7. The summed E-state index contributed by atoms with van der Waals surface area (Å²) in [7, 11) is 0. The van der Waals surface area contributed by atoms with E-state index in [0.29, 0.717) is 37.1 Å². The third-order valence-corrected chi connectivity index (χ3v) is 15.8. The molecule has 3 heterocycles.